The molecule has 3 rings (SSSR count). The van der Waals surface area contributed by atoms with E-state index in [1.54, 1.807) is 37.3 Å². The molecule has 3 atom stereocenters. The summed E-state index contributed by atoms with van der Waals surface area (Å²) in [6.07, 6.45) is -0.311. The molecule has 0 aliphatic carbocycles. The molecule has 0 spiro atoms. The topological polar surface area (TPSA) is 80.3 Å². The van der Waals surface area contributed by atoms with Crippen molar-refractivity contribution < 1.29 is 32.6 Å². The van der Waals surface area contributed by atoms with E-state index in [1.165, 1.54) is 13.2 Å². The van der Waals surface area contributed by atoms with Crippen LogP contribution in [0.25, 0.3) is 0 Å². The zero-order valence-corrected chi connectivity index (χ0v) is 21.9. The molecular weight excluding hydrogens is 484 g/mol. The fourth-order valence-corrected chi connectivity index (χ4v) is 4.36. The number of benzene rings is 2. The summed E-state index contributed by atoms with van der Waals surface area (Å²) in [5, 5.41) is 2.71. The van der Waals surface area contributed by atoms with Gasteiger partial charge in [-0.3, -0.25) is 14.5 Å². The Morgan fingerprint density at radius 3 is 2.59 bits per heavy atom. The molecule has 1 aliphatic heterocycles. The molecule has 2 amide bonds. The van der Waals surface area contributed by atoms with Crippen LogP contribution in [-0.4, -0.2) is 81.3 Å². The molecule has 8 nitrogen and oxygen atoms in total. The Morgan fingerprint density at radius 2 is 1.89 bits per heavy atom. The maximum Gasteiger partial charge on any atom is 0.257 e. The molecule has 0 radical (unpaired) electrons. The molecule has 2 aromatic carbocycles. The molecule has 0 bridgehead atoms. The van der Waals surface area contributed by atoms with Crippen molar-refractivity contribution in [2.45, 2.75) is 32.5 Å². The van der Waals surface area contributed by atoms with Gasteiger partial charge >= 0.3 is 0 Å². The first-order valence-electron chi connectivity index (χ1n) is 12.1. The molecule has 202 valence electrons. The zero-order chi connectivity index (χ0) is 27.1. The molecule has 1 aliphatic rings. The largest absolute Gasteiger partial charge is 0.491 e. The van der Waals surface area contributed by atoms with Gasteiger partial charge in [-0.05, 0) is 49.2 Å². The van der Waals surface area contributed by atoms with Gasteiger partial charge in [0.05, 0.1) is 11.7 Å². The molecule has 1 heterocycles. The van der Waals surface area contributed by atoms with Crippen molar-refractivity contribution in [3.8, 4) is 5.75 Å². The van der Waals surface area contributed by atoms with E-state index in [9.17, 15) is 18.4 Å². The first-order chi connectivity index (χ1) is 17.6. The minimum absolute atomic E-state index is 0.0436. The number of carbonyl (C=O) groups is 2. The van der Waals surface area contributed by atoms with Crippen molar-refractivity contribution in [2.24, 2.45) is 5.92 Å². The lowest BCUT2D eigenvalue weighted by atomic mass is 10.0. The zero-order valence-electron chi connectivity index (χ0n) is 21.9. The second-order valence-electron chi connectivity index (χ2n) is 9.45. The van der Waals surface area contributed by atoms with Gasteiger partial charge < -0.3 is 24.4 Å². The standard InChI is InChI=1S/C27H35F2N3O5/c1-17-12-32(13-19-10-20(28)6-8-23(19)29)18(2)15-37-24-9-7-21(30-26(33)16-35-4)11-22(24)27(34)31(3)14-25(17)36-5/h6-11,17-18,25H,12-16H2,1-5H3,(H,30,33)/t17-,18+,25+/m0/s1. The molecule has 0 saturated heterocycles. The van der Waals surface area contributed by atoms with Crippen LogP contribution in [0.15, 0.2) is 36.4 Å². The number of nitrogens with one attached hydrogen (secondary N) is 1. The molecule has 10 heteroatoms. The minimum atomic E-state index is -0.500. The van der Waals surface area contributed by atoms with Crippen LogP contribution >= 0.6 is 0 Å². The number of ether oxygens (including phenoxy) is 3. The summed E-state index contributed by atoms with van der Waals surface area (Å²) in [5.74, 6) is -1.29. The number of halogens is 2. The molecule has 1 N–H and O–H groups in total. The lowest BCUT2D eigenvalue weighted by Gasteiger charge is -2.36. The van der Waals surface area contributed by atoms with Crippen molar-refractivity contribution in [2.75, 3.05) is 52.9 Å². The number of fused-ring (bicyclic) bond motifs is 1. The van der Waals surface area contributed by atoms with Gasteiger partial charge in [-0.1, -0.05) is 6.92 Å². The average Bonchev–Trinajstić information content (AvgIpc) is 2.86. The van der Waals surface area contributed by atoms with E-state index in [0.29, 0.717) is 24.5 Å². The number of anilines is 1. The summed E-state index contributed by atoms with van der Waals surface area (Å²) in [6, 6.07) is 8.08. The summed E-state index contributed by atoms with van der Waals surface area (Å²) in [5.41, 5.74) is 0.978. The Labute approximate surface area is 216 Å². The van der Waals surface area contributed by atoms with Crippen molar-refractivity contribution in [3.05, 3.63) is 59.2 Å². The van der Waals surface area contributed by atoms with Gasteiger partial charge in [0, 0.05) is 58.2 Å². The van der Waals surface area contributed by atoms with Crippen LogP contribution < -0.4 is 10.1 Å². The van der Waals surface area contributed by atoms with Crippen LogP contribution in [0.5, 0.6) is 5.75 Å². The molecule has 0 fully saturated rings. The molecule has 2 aromatic rings. The van der Waals surface area contributed by atoms with E-state index in [0.717, 1.165) is 12.1 Å². The van der Waals surface area contributed by atoms with E-state index in [4.69, 9.17) is 14.2 Å². The maximum absolute atomic E-state index is 14.5. The minimum Gasteiger partial charge on any atom is -0.491 e. The lowest BCUT2D eigenvalue weighted by molar-refractivity contribution is -0.119. The quantitative estimate of drug-likeness (QED) is 0.629. The lowest BCUT2D eigenvalue weighted by Crippen LogP contribution is -2.46. The second-order valence-corrected chi connectivity index (χ2v) is 9.45. The Balaban J connectivity index is 1.94. The first kappa shape index (κ1) is 28.5. The van der Waals surface area contributed by atoms with E-state index >= 15 is 0 Å². The number of methoxy groups -OCH3 is 2. The Bertz CT molecular complexity index is 1100. The highest BCUT2D eigenvalue weighted by molar-refractivity contribution is 5.99. The number of amides is 2. The second kappa shape index (κ2) is 12.9. The SMILES string of the molecule is COCC(=O)Nc1ccc2c(c1)C(=O)N(C)C[C@@H](OC)[C@@H](C)CN(Cc1cc(F)ccc1F)[C@H](C)CO2. The van der Waals surface area contributed by atoms with Gasteiger partial charge in [0.15, 0.2) is 0 Å². The highest BCUT2D eigenvalue weighted by Crippen LogP contribution is 2.27. The highest BCUT2D eigenvalue weighted by Gasteiger charge is 2.29. The molecule has 0 unspecified atom stereocenters. The summed E-state index contributed by atoms with van der Waals surface area (Å²) >= 11 is 0. The summed E-state index contributed by atoms with van der Waals surface area (Å²) in [4.78, 5) is 29.0. The number of carbonyl (C=O) groups excluding carboxylic acids is 2. The Morgan fingerprint density at radius 1 is 1.14 bits per heavy atom. The van der Waals surface area contributed by atoms with E-state index in [2.05, 4.69) is 5.32 Å². The van der Waals surface area contributed by atoms with Gasteiger partial charge in [0.1, 0.15) is 30.6 Å². The summed E-state index contributed by atoms with van der Waals surface area (Å²) in [7, 11) is 4.69. The fraction of sp³-hybridized carbons (Fsp3) is 0.481. The normalized spacial score (nSPS) is 21.4. The predicted octanol–water partition coefficient (Wildman–Crippen LogP) is 3.56. The van der Waals surface area contributed by atoms with Crippen LogP contribution in [0, 0.1) is 17.6 Å². The molecule has 0 saturated carbocycles. The van der Waals surface area contributed by atoms with Crippen LogP contribution in [-0.2, 0) is 20.8 Å². The van der Waals surface area contributed by atoms with E-state index in [-0.39, 0.29) is 60.8 Å². The Hall–Kier alpha value is -3.08. The Kier molecular flexibility index (Phi) is 9.96. The number of likely N-dealkylation sites (N-methyl/N-ethyl adjacent to an activating group) is 1. The van der Waals surface area contributed by atoms with E-state index < -0.39 is 11.6 Å². The third-order valence-corrected chi connectivity index (χ3v) is 6.51. The number of nitrogens with zero attached hydrogens (tertiary/aromatic N) is 2. The van der Waals surface area contributed by atoms with Crippen LogP contribution in [0.1, 0.15) is 29.8 Å². The van der Waals surface area contributed by atoms with E-state index in [1.807, 2.05) is 18.7 Å². The van der Waals surface area contributed by atoms with Crippen LogP contribution in [0.3, 0.4) is 0 Å². The number of hydrogen-bond acceptors (Lipinski definition) is 6. The monoisotopic (exact) mass is 519 g/mol. The van der Waals surface area contributed by atoms with Gasteiger partial charge in [-0.25, -0.2) is 8.78 Å². The van der Waals surface area contributed by atoms with Crippen molar-refractivity contribution in [3.63, 3.8) is 0 Å². The first-order valence-corrected chi connectivity index (χ1v) is 12.1. The van der Waals surface area contributed by atoms with Gasteiger partial charge in [-0.15, -0.1) is 0 Å². The average molecular weight is 520 g/mol. The van der Waals surface area contributed by atoms with Gasteiger partial charge in [-0.2, -0.15) is 0 Å². The van der Waals surface area contributed by atoms with Crippen molar-refractivity contribution in [1.29, 1.82) is 0 Å². The predicted molar refractivity (Wildman–Crippen MR) is 136 cm³/mol. The maximum atomic E-state index is 14.5. The van der Waals surface area contributed by atoms with Crippen LogP contribution in [0.2, 0.25) is 0 Å². The third kappa shape index (κ3) is 7.47. The number of hydrogen-bond donors (Lipinski definition) is 1. The molecule has 0 aromatic heterocycles. The smallest absolute Gasteiger partial charge is 0.257 e. The van der Waals surface area contributed by atoms with Gasteiger partial charge in [0.25, 0.3) is 5.91 Å². The summed E-state index contributed by atoms with van der Waals surface area (Å²) in [6.45, 7) is 5.00. The van der Waals surface area contributed by atoms with Crippen LogP contribution in [0.4, 0.5) is 14.5 Å². The third-order valence-electron chi connectivity index (χ3n) is 6.51. The number of rotatable bonds is 6. The summed E-state index contributed by atoms with van der Waals surface area (Å²) < 4.78 is 45.0. The van der Waals surface area contributed by atoms with Gasteiger partial charge in [0.2, 0.25) is 5.91 Å². The molecule has 37 heavy (non-hydrogen) atoms. The van der Waals surface area contributed by atoms with Crippen molar-refractivity contribution >= 4 is 17.5 Å². The fourth-order valence-electron chi connectivity index (χ4n) is 4.36. The highest BCUT2D eigenvalue weighted by atomic mass is 19.1. The molecular formula is C27H35F2N3O5. The van der Waals surface area contributed by atoms with Crippen molar-refractivity contribution in [1.82, 2.24) is 9.80 Å².